The van der Waals surface area contributed by atoms with Gasteiger partial charge in [-0.2, -0.15) is 0 Å². The number of nitrogens with one attached hydrogen (secondary N) is 1. The summed E-state index contributed by atoms with van der Waals surface area (Å²) in [5, 5.41) is 4.42. The minimum atomic E-state index is -0.872. The molecule has 5 nitrogen and oxygen atoms in total. The van der Waals surface area contributed by atoms with Crippen LogP contribution in [0.3, 0.4) is 0 Å². The summed E-state index contributed by atoms with van der Waals surface area (Å²) in [5.41, 5.74) is -0.557. The highest BCUT2D eigenvalue weighted by Gasteiger charge is 2.23. The standard InChI is InChI=1S/C18H19F2N3O2S/c19-13-3-1-4-14(20)16(13)17(24)21-6-7-22-8-10-23(11-9-22)18(25)15-5-2-12-26-15/h1-5,12H,6-11H2,(H,21,24). The molecule has 1 aliphatic rings. The molecule has 2 heterocycles. The summed E-state index contributed by atoms with van der Waals surface area (Å²) in [6, 6.07) is 7.01. The normalized spacial score (nSPS) is 15.1. The van der Waals surface area contributed by atoms with E-state index in [2.05, 4.69) is 10.2 Å². The molecule has 0 spiro atoms. The first-order valence-corrected chi connectivity index (χ1v) is 9.21. The van der Waals surface area contributed by atoms with Crippen molar-refractivity contribution in [2.45, 2.75) is 0 Å². The van der Waals surface area contributed by atoms with Crippen LogP contribution in [0.15, 0.2) is 35.7 Å². The molecule has 3 rings (SSSR count). The average Bonchev–Trinajstić information content (AvgIpc) is 3.16. The van der Waals surface area contributed by atoms with E-state index in [1.54, 1.807) is 0 Å². The van der Waals surface area contributed by atoms with Crippen LogP contribution in [0, 0.1) is 11.6 Å². The zero-order valence-electron chi connectivity index (χ0n) is 14.1. The summed E-state index contributed by atoms with van der Waals surface area (Å²) >= 11 is 1.43. The van der Waals surface area contributed by atoms with E-state index in [-0.39, 0.29) is 12.5 Å². The van der Waals surface area contributed by atoms with Gasteiger partial charge in [0.2, 0.25) is 0 Å². The highest BCUT2D eigenvalue weighted by molar-refractivity contribution is 7.12. The lowest BCUT2D eigenvalue weighted by molar-refractivity contribution is 0.0642. The Morgan fingerprint density at radius 1 is 1.04 bits per heavy atom. The molecule has 1 N–H and O–H groups in total. The Bertz CT molecular complexity index is 754. The fraction of sp³-hybridized carbons (Fsp3) is 0.333. The molecule has 0 radical (unpaired) electrons. The lowest BCUT2D eigenvalue weighted by Gasteiger charge is -2.34. The maximum Gasteiger partial charge on any atom is 0.264 e. The lowest BCUT2D eigenvalue weighted by atomic mass is 10.2. The van der Waals surface area contributed by atoms with E-state index in [4.69, 9.17) is 0 Å². The molecule has 26 heavy (non-hydrogen) atoms. The Morgan fingerprint density at radius 2 is 1.73 bits per heavy atom. The molecule has 2 amide bonds. The molecule has 138 valence electrons. The molecule has 1 aromatic heterocycles. The maximum absolute atomic E-state index is 13.6. The quantitative estimate of drug-likeness (QED) is 0.867. The number of benzene rings is 1. The smallest absolute Gasteiger partial charge is 0.264 e. The fourth-order valence-electron chi connectivity index (χ4n) is 2.86. The van der Waals surface area contributed by atoms with Crippen LogP contribution in [0.2, 0.25) is 0 Å². The van der Waals surface area contributed by atoms with E-state index in [0.717, 1.165) is 17.0 Å². The van der Waals surface area contributed by atoms with Crippen LogP contribution < -0.4 is 5.32 Å². The first kappa shape index (κ1) is 18.5. The van der Waals surface area contributed by atoms with Crippen LogP contribution in [-0.4, -0.2) is 60.9 Å². The molecule has 0 bridgehead atoms. The van der Waals surface area contributed by atoms with E-state index in [1.165, 1.54) is 17.4 Å². The number of nitrogens with zero attached hydrogens (tertiary/aromatic N) is 2. The molecule has 2 aromatic rings. The number of thiophene rings is 1. The van der Waals surface area contributed by atoms with Gasteiger partial charge in [-0.3, -0.25) is 14.5 Å². The van der Waals surface area contributed by atoms with Crippen LogP contribution >= 0.6 is 11.3 Å². The average molecular weight is 379 g/mol. The van der Waals surface area contributed by atoms with Crippen molar-refractivity contribution >= 4 is 23.2 Å². The molecule has 1 aromatic carbocycles. The first-order valence-electron chi connectivity index (χ1n) is 8.33. The Labute approximate surface area is 154 Å². The SMILES string of the molecule is O=C(NCCN1CCN(C(=O)c2cccs2)CC1)c1c(F)cccc1F. The topological polar surface area (TPSA) is 52.7 Å². The van der Waals surface area contributed by atoms with Crippen molar-refractivity contribution in [1.29, 1.82) is 0 Å². The van der Waals surface area contributed by atoms with E-state index in [0.29, 0.717) is 32.7 Å². The number of amides is 2. The van der Waals surface area contributed by atoms with Crippen LogP contribution in [0.4, 0.5) is 8.78 Å². The van der Waals surface area contributed by atoms with E-state index in [9.17, 15) is 18.4 Å². The van der Waals surface area contributed by atoms with E-state index >= 15 is 0 Å². The van der Waals surface area contributed by atoms with Gasteiger partial charge in [-0.1, -0.05) is 12.1 Å². The maximum atomic E-state index is 13.6. The highest BCUT2D eigenvalue weighted by Crippen LogP contribution is 2.14. The number of carbonyl (C=O) groups excluding carboxylic acids is 2. The van der Waals surface area contributed by atoms with Crippen molar-refractivity contribution in [3.63, 3.8) is 0 Å². The number of halogens is 2. The summed E-state index contributed by atoms with van der Waals surface area (Å²) in [6.45, 7) is 3.47. The molecule has 1 fully saturated rings. The number of piperazine rings is 1. The zero-order chi connectivity index (χ0) is 18.5. The predicted octanol–water partition coefficient (Wildman–Crippen LogP) is 2.21. The molecule has 0 saturated carbocycles. The van der Waals surface area contributed by atoms with Gasteiger partial charge < -0.3 is 10.2 Å². The fourth-order valence-corrected chi connectivity index (χ4v) is 3.55. The number of hydrogen-bond donors (Lipinski definition) is 1. The van der Waals surface area contributed by atoms with Gasteiger partial charge in [-0.05, 0) is 23.6 Å². The second-order valence-electron chi connectivity index (χ2n) is 5.96. The third-order valence-corrected chi connectivity index (χ3v) is 5.15. The van der Waals surface area contributed by atoms with Gasteiger partial charge in [0, 0.05) is 39.3 Å². The molecule has 1 aliphatic heterocycles. The monoisotopic (exact) mass is 379 g/mol. The van der Waals surface area contributed by atoms with Gasteiger partial charge in [-0.15, -0.1) is 11.3 Å². The predicted molar refractivity (Wildman–Crippen MR) is 95.4 cm³/mol. The highest BCUT2D eigenvalue weighted by atomic mass is 32.1. The Hall–Kier alpha value is -2.32. The minimum Gasteiger partial charge on any atom is -0.351 e. The summed E-state index contributed by atoms with van der Waals surface area (Å²) in [6.07, 6.45) is 0. The largest absolute Gasteiger partial charge is 0.351 e. The third kappa shape index (κ3) is 4.25. The lowest BCUT2D eigenvalue weighted by Crippen LogP contribution is -2.50. The van der Waals surface area contributed by atoms with Crippen LogP contribution in [0.25, 0.3) is 0 Å². The zero-order valence-corrected chi connectivity index (χ0v) is 14.9. The second kappa shape index (κ2) is 8.37. The minimum absolute atomic E-state index is 0.0444. The van der Waals surface area contributed by atoms with E-state index < -0.39 is 23.1 Å². The van der Waals surface area contributed by atoms with Gasteiger partial charge >= 0.3 is 0 Å². The van der Waals surface area contributed by atoms with Crippen molar-refractivity contribution in [2.75, 3.05) is 39.3 Å². The molecule has 8 heteroatoms. The molecule has 0 aliphatic carbocycles. The summed E-state index contributed by atoms with van der Waals surface area (Å²) in [5.74, 6) is -2.46. The van der Waals surface area contributed by atoms with Crippen molar-refractivity contribution < 1.29 is 18.4 Å². The van der Waals surface area contributed by atoms with Gasteiger partial charge in [0.15, 0.2) is 0 Å². The van der Waals surface area contributed by atoms with Crippen LogP contribution in [-0.2, 0) is 0 Å². The number of rotatable bonds is 5. The molecular weight excluding hydrogens is 360 g/mol. The van der Waals surface area contributed by atoms with Gasteiger partial charge in [0.05, 0.1) is 4.88 Å². The number of hydrogen-bond acceptors (Lipinski definition) is 4. The molecule has 0 unspecified atom stereocenters. The molecule has 1 saturated heterocycles. The van der Waals surface area contributed by atoms with Crippen molar-refractivity contribution in [1.82, 2.24) is 15.1 Å². The van der Waals surface area contributed by atoms with Gasteiger partial charge in [0.25, 0.3) is 11.8 Å². The summed E-state index contributed by atoms with van der Waals surface area (Å²) in [7, 11) is 0. The molecule has 0 atom stereocenters. The van der Waals surface area contributed by atoms with Gasteiger partial charge in [-0.25, -0.2) is 8.78 Å². The Balaban J connectivity index is 1.43. The number of carbonyl (C=O) groups is 2. The Kier molecular flexibility index (Phi) is 5.95. The first-order chi connectivity index (χ1) is 12.6. The van der Waals surface area contributed by atoms with Crippen LogP contribution in [0.1, 0.15) is 20.0 Å². The second-order valence-corrected chi connectivity index (χ2v) is 6.91. The van der Waals surface area contributed by atoms with Gasteiger partial charge in [0.1, 0.15) is 17.2 Å². The third-order valence-electron chi connectivity index (χ3n) is 4.29. The van der Waals surface area contributed by atoms with Crippen molar-refractivity contribution in [3.05, 3.63) is 57.8 Å². The van der Waals surface area contributed by atoms with Crippen molar-refractivity contribution in [2.24, 2.45) is 0 Å². The summed E-state index contributed by atoms with van der Waals surface area (Å²) in [4.78, 5) is 28.9. The summed E-state index contributed by atoms with van der Waals surface area (Å²) < 4.78 is 27.1. The Morgan fingerprint density at radius 3 is 2.35 bits per heavy atom. The van der Waals surface area contributed by atoms with Crippen molar-refractivity contribution in [3.8, 4) is 0 Å². The van der Waals surface area contributed by atoms with E-state index in [1.807, 2.05) is 22.4 Å². The molecular formula is C18H19F2N3O2S. The van der Waals surface area contributed by atoms with Crippen LogP contribution in [0.5, 0.6) is 0 Å².